The van der Waals surface area contributed by atoms with Crippen LogP contribution in [-0.2, 0) is 13.0 Å². The van der Waals surface area contributed by atoms with Crippen LogP contribution >= 0.6 is 24.0 Å². The Morgan fingerprint density at radius 2 is 1.67 bits per heavy atom. The van der Waals surface area contributed by atoms with Crippen LogP contribution in [0.25, 0.3) is 11.3 Å². The molecule has 3 aromatic rings. The van der Waals surface area contributed by atoms with E-state index in [1.807, 2.05) is 48.5 Å². The van der Waals surface area contributed by atoms with E-state index in [-0.39, 0.29) is 12.4 Å². The minimum atomic E-state index is 0. The fourth-order valence-electron chi connectivity index (χ4n) is 2.72. The van der Waals surface area contributed by atoms with Crippen LogP contribution in [0.1, 0.15) is 11.3 Å². The Morgan fingerprint density at radius 1 is 0.926 bits per heavy atom. The van der Waals surface area contributed by atoms with Gasteiger partial charge in [0.05, 0.1) is 20.8 Å². The van der Waals surface area contributed by atoms with Crippen molar-refractivity contribution in [3.63, 3.8) is 0 Å². The van der Waals surface area contributed by atoms with Crippen molar-refractivity contribution in [3.05, 3.63) is 70.9 Å². The zero-order chi connectivity index (χ0) is 18.4. The van der Waals surface area contributed by atoms with Gasteiger partial charge in [-0.2, -0.15) is 0 Å². The first-order valence-corrected chi connectivity index (χ1v) is 8.83. The lowest BCUT2D eigenvalue weighted by Gasteiger charge is -2.09. The molecule has 0 aliphatic heterocycles. The normalized spacial score (nSPS) is 10.3. The molecule has 1 heterocycles. The lowest BCUT2D eigenvalue weighted by atomic mass is 10.1. The summed E-state index contributed by atoms with van der Waals surface area (Å²) in [6.07, 6.45) is 0.894. The number of hydrogen-bond donors (Lipinski definition) is 1. The highest BCUT2D eigenvalue weighted by Crippen LogP contribution is 2.27. The second-order valence-corrected chi connectivity index (χ2v) is 6.33. The third-order valence-corrected chi connectivity index (χ3v) is 4.38. The Hall–Kier alpha value is -2.14. The molecule has 0 saturated carbocycles. The smallest absolute Gasteiger partial charge is 0.160 e. The van der Waals surface area contributed by atoms with Gasteiger partial charge in [0, 0.05) is 10.6 Å². The van der Waals surface area contributed by atoms with Crippen LogP contribution in [0.4, 0.5) is 0 Å². The first kappa shape index (κ1) is 21.2. The van der Waals surface area contributed by atoms with E-state index in [9.17, 15) is 0 Å². The fraction of sp³-hybridized carbons (Fsp3) is 0.238. The lowest BCUT2D eigenvalue weighted by Crippen LogP contribution is -2.16. The van der Waals surface area contributed by atoms with Gasteiger partial charge >= 0.3 is 0 Å². The van der Waals surface area contributed by atoms with Gasteiger partial charge in [0.1, 0.15) is 11.5 Å². The summed E-state index contributed by atoms with van der Waals surface area (Å²) in [5.41, 5.74) is 2.21. The minimum Gasteiger partial charge on any atom is -0.493 e. The molecule has 0 bridgehead atoms. The van der Waals surface area contributed by atoms with Gasteiger partial charge in [-0.15, -0.1) is 12.4 Å². The molecular weight excluding hydrogens is 385 g/mol. The number of hydrogen-bond acceptors (Lipinski definition) is 4. The van der Waals surface area contributed by atoms with Crippen molar-refractivity contribution in [1.82, 2.24) is 5.32 Å². The van der Waals surface area contributed by atoms with Crippen molar-refractivity contribution in [2.45, 2.75) is 13.0 Å². The summed E-state index contributed by atoms with van der Waals surface area (Å²) in [5.74, 6) is 3.25. The van der Waals surface area contributed by atoms with Gasteiger partial charge in [-0.3, -0.25) is 0 Å². The number of ether oxygens (including phenoxy) is 2. The Kier molecular flexibility index (Phi) is 8.04. The van der Waals surface area contributed by atoms with Crippen LogP contribution in [0, 0.1) is 0 Å². The lowest BCUT2D eigenvalue weighted by molar-refractivity contribution is 0.354. The summed E-state index contributed by atoms with van der Waals surface area (Å²) in [6.45, 7) is 1.52. The first-order chi connectivity index (χ1) is 12.7. The third kappa shape index (κ3) is 5.67. The molecule has 2 aromatic carbocycles. The van der Waals surface area contributed by atoms with Crippen LogP contribution in [-0.4, -0.2) is 20.8 Å². The van der Waals surface area contributed by atoms with Crippen molar-refractivity contribution in [2.75, 3.05) is 20.8 Å². The quantitative estimate of drug-likeness (QED) is 0.509. The van der Waals surface area contributed by atoms with Crippen LogP contribution in [0.3, 0.4) is 0 Å². The first-order valence-electron chi connectivity index (χ1n) is 8.46. The fourth-order valence-corrected chi connectivity index (χ4v) is 2.85. The van der Waals surface area contributed by atoms with E-state index < -0.39 is 0 Å². The maximum Gasteiger partial charge on any atom is 0.160 e. The molecule has 27 heavy (non-hydrogen) atoms. The predicted octanol–water partition coefficient (Wildman–Crippen LogP) is 5.37. The predicted molar refractivity (Wildman–Crippen MR) is 111 cm³/mol. The van der Waals surface area contributed by atoms with Crippen molar-refractivity contribution in [3.8, 4) is 22.8 Å². The summed E-state index contributed by atoms with van der Waals surface area (Å²) in [4.78, 5) is 0. The third-order valence-electron chi connectivity index (χ3n) is 4.13. The summed E-state index contributed by atoms with van der Waals surface area (Å²) < 4.78 is 16.5. The second-order valence-electron chi connectivity index (χ2n) is 5.89. The molecule has 0 saturated heterocycles. The van der Waals surface area contributed by atoms with Gasteiger partial charge < -0.3 is 19.2 Å². The zero-order valence-corrected chi connectivity index (χ0v) is 16.9. The molecule has 1 N–H and O–H groups in total. The highest BCUT2D eigenvalue weighted by atomic mass is 35.5. The molecule has 0 radical (unpaired) electrons. The van der Waals surface area contributed by atoms with Gasteiger partial charge in [0.25, 0.3) is 0 Å². The Morgan fingerprint density at radius 3 is 2.37 bits per heavy atom. The van der Waals surface area contributed by atoms with Crippen LogP contribution in [0.15, 0.2) is 59.0 Å². The minimum absolute atomic E-state index is 0. The standard InChI is InChI=1S/C21H22ClNO3.ClH/c1-24-20-9-3-15(13-21(20)25-2)11-12-23-14-18-8-10-19(26-18)16-4-6-17(22)7-5-16;/h3-10,13,23H,11-12,14H2,1-2H3;1H. The van der Waals surface area contributed by atoms with Crippen molar-refractivity contribution in [2.24, 2.45) is 0 Å². The summed E-state index contributed by atoms with van der Waals surface area (Å²) >= 11 is 5.92. The largest absolute Gasteiger partial charge is 0.493 e. The maximum atomic E-state index is 5.92. The van der Waals surface area contributed by atoms with E-state index in [1.54, 1.807) is 14.2 Å². The molecule has 0 atom stereocenters. The summed E-state index contributed by atoms with van der Waals surface area (Å²) in [6, 6.07) is 17.6. The van der Waals surface area contributed by atoms with E-state index in [2.05, 4.69) is 11.4 Å². The monoisotopic (exact) mass is 407 g/mol. The Bertz CT molecular complexity index is 847. The summed E-state index contributed by atoms with van der Waals surface area (Å²) in [5, 5.41) is 4.12. The molecule has 3 rings (SSSR count). The van der Waals surface area contributed by atoms with E-state index in [1.165, 1.54) is 5.56 Å². The molecule has 0 amide bonds. The van der Waals surface area contributed by atoms with Crippen molar-refractivity contribution in [1.29, 1.82) is 0 Å². The molecular formula is C21H23Cl2NO3. The molecule has 0 aliphatic rings. The second kappa shape index (κ2) is 10.3. The molecule has 6 heteroatoms. The van der Waals surface area contributed by atoms with Crippen molar-refractivity contribution >= 4 is 24.0 Å². The molecule has 0 fully saturated rings. The highest BCUT2D eigenvalue weighted by Gasteiger charge is 2.06. The van der Waals surface area contributed by atoms with Gasteiger partial charge in [-0.05, 0) is 67.1 Å². The number of nitrogens with one attached hydrogen (secondary N) is 1. The van der Waals surface area contributed by atoms with Gasteiger partial charge in [-0.25, -0.2) is 0 Å². The number of rotatable bonds is 8. The van der Waals surface area contributed by atoms with Gasteiger partial charge in [-0.1, -0.05) is 17.7 Å². The maximum absolute atomic E-state index is 5.92. The molecule has 1 aromatic heterocycles. The number of halogens is 2. The summed E-state index contributed by atoms with van der Waals surface area (Å²) in [7, 11) is 3.29. The molecule has 4 nitrogen and oxygen atoms in total. The SMILES string of the molecule is COc1ccc(CCNCc2ccc(-c3ccc(Cl)cc3)o2)cc1OC.Cl. The van der Waals surface area contributed by atoms with E-state index >= 15 is 0 Å². The molecule has 0 spiro atoms. The van der Waals surface area contributed by atoms with Gasteiger partial charge in [0.2, 0.25) is 0 Å². The topological polar surface area (TPSA) is 43.6 Å². The van der Waals surface area contributed by atoms with Crippen molar-refractivity contribution < 1.29 is 13.9 Å². The molecule has 0 aliphatic carbocycles. The number of methoxy groups -OCH3 is 2. The number of furan rings is 1. The van der Waals surface area contributed by atoms with E-state index in [0.717, 1.165) is 46.6 Å². The van der Waals surface area contributed by atoms with Crippen LogP contribution < -0.4 is 14.8 Å². The van der Waals surface area contributed by atoms with E-state index in [0.29, 0.717) is 6.54 Å². The van der Waals surface area contributed by atoms with Gasteiger partial charge in [0.15, 0.2) is 11.5 Å². The average molecular weight is 408 g/mol. The zero-order valence-electron chi connectivity index (χ0n) is 15.3. The molecule has 144 valence electrons. The molecule has 0 unspecified atom stereocenters. The average Bonchev–Trinajstić information content (AvgIpc) is 3.14. The van der Waals surface area contributed by atoms with Crippen LogP contribution in [0.5, 0.6) is 11.5 Å². The highest BCUT2D eigenvalue weighted by molar-refractivity contribution is 6.30. The van der Waals surface area contributed by atoms with Crippen LogP contribution in [0.2, 0.25) is 5.02 Å². The Balaban J connectivity index is 0.00000261. The van der Waals surface area contributed by atoms with E-state index in [4.69, 9.17) is 25.5 Å². The Labute approximate surface area is 170 Å². The number of benzene rings is 2.